The van der Waals surface area contributed by atoms with Gasteiger partial charge in [0.2, 0.25) is 5.91 Å². The summed E-state index contributed by atoms with van der Waals surface area (Å²) in [6.07, 6.45) is 3.02. The van der Waals surface area contributed by atoms with Crippen LogP contribution in [0.2, 0.25) is 0 Å². The van der Waals surface area contributed by atoms with Gasteiger partial charge in [0.1, 0.15) is 0 Å². The van der Waals surface area contributed by atoms with E-state index in [0.29, 0.717) is 23.4 Å². The van der Waals surface area contributed by atoms with Crippen LogP contribution in [-0.4, -0.2) is 39.8 Å². The van der Waals surface area contributed by atoms with Crippen LogP contribution in [0.4, 0.5) is 0 Å². The van der Waals surface area contributed by atoms with Gasteiger partial charge in [-0.05, 0) is 29.0 Å². The fourth-order valence-electron chi connectivity index (χ4n) is 2.79. The minimum Gasteiger partial charge on any atom is -0.410 e. The van der Waals surface area contributed by atoms with Crippen LogP contribution in [0, 0.1) is 0 Å². The summed E-state index contributed by atoms with van der Waals surface area (Å²) in [7, 11) is 0. The summed E-state index contributed by atoms with van der Waals surface area (Å²) in [6.45, 7) is 1.39. The van der Waals surface area contributed by atoms with Crippen molar-refractivity contribution in [3.05, 3.63) is 59.5 Å². The molecule has 3 heterocycles. The van der Waals surface area contributed by atoms with Crippen LogP contribution >= 0.6 is 23.1 Å². The van der Waals surface area contributed by atoms with Gasteiger partial charge in [0.05, 0.1) is 10.6 Å². The third kappa shape index (κ3) is 3.89. The first-order valence-corrected chi connectivity index (χ1v) is 10.2. The van der Waals surface area contributed by atoms with Gasteiger partial charge in [-0.15, -0.1) is 21.5 Å². The first-order chi connectivity index (χ1) is 12.8. The monoisotopic (exact) mass is 383 g/mol. The minimum absolute atomic E-state index is 0.0919. The Morgan fingerprint density at radius 2 is 2.08 bits per heavy atom. The maximum Gasteiger partial charge on any atom is 0.277 e. The zero-order chi connectivity index (χ0) is 17.8. The second kappa shape index (κ2) is 7.88. The highest BCUT2D eigenvalue weighted by atomic mass is 32.2. The Morgan fingerprint density at radius 3 is 2.81 bits per heavy atom. The molecule has 1 amide bonds. The summed E-state index contributed by atoms with van der Waals surface area (Å²) in [5.41, 5.74) is 2.54. The summed E-state index contributed by atoms with van der Waals surface area (Å²) in [4.78, 5) is 15.2. The smallest absolute Gasteiger partial charge is 0.277 e. The van der Waals surface area contributed by atoms with Gasteiger partial charge in [-0.2, -0.15) is 0 Å². The molecule has 0 N–H and O–H groups in total. The van der Waals surface area contributed by atoms with Crippen molar-refractivity contribution < 1.29 is 9.21 Å². The molecule has 1 aromatic carbocycles. The van der Waals surface area contributed by atoms with Crippen LogP contribution < -0.4 is 0 Å². The molecule has 4 rings (SSSR count). The Hall–Kier alpha value is -2.38. The van der Waals surface area contributed by atoms with E-state index in [1.54, 1.807) is 11.3 Å². The Balaban J connectivity index is 1.31. The quantitative estimate of drug-likeness (QED) is 0.618. The molecule has 7 heteroatoms. The van der Waals surface area contributed by atoms with E-state index in [9.17, 15) is 4.79 Å². The normalized spacial score (nSPS) is 14.3. The lowest BCUT2D eigenvalue weighted by Crippen LogP contribution is -2.35. The van der Waals surface area contributed by atoms with Crippen LogP contribution in [0.15, 0.2) is 63.6 Å². The molecule has 3 aromatic rings. The van der Waals surface area contributed by atoms with Gasteiger partial charge >= 0.3 is 0 Å². The number of amides is 1. The summed E-state index contributed by atoms with van der Waals surface area (Å²) < 4.78 is 5.61. The van der Waals surface area contributed by atoms with Crippen LogP contribution in [-0.2, 0) is 4.79 Å². The molecular weight excluding hydrogens is 366 g/mol. The van der Waals surface area contributed by atoms with Crippen molar-refractivity contribution in [2.24, 2.45) is 0 Å². The van der Waals surface area contributed by atoms with Gasteiger partial charge in [0.25, 0.3) is 11.1 Å². The Labute approximate surface area is 159 Å². The molecule has 1 aliphatic heterocycles. The lowest BCUT2D eigenvalue weighted by molar-refractivity contribution is -0.127. The number of aromatic nitrogens is 2. The summed E-state index contributed by atoms with van der Waals surface area (Å²) in [5, 5.41) is 10.4. The fraction of sp³-hybridized carbons (Fsp3) is 0.211. The van der Waals surface area contributed by atoms with Crippen molar-refractivity contribution in [1.29, 1.82) is 0 Å². The highest BCUT2D eigenvalue weighted by molar-refractivity contribution is 7.99. The molecule has 1 aliphatic rings. The molecule has 26 heavy (non-hydrogen) atoms. The van der Waals surface area contributed by atoms with Gasteiger partial charge in [0, 0.05) is 13.1 Å². The largest absolute Gasteiger partial charge is 0.410 e. The average molecular weight is 383 g/mol. The van der Waals surface area contributed by atoms with Crippen LogP contribution in [0.25, 0.3) is 16.3 Å². The standard InChI is InChI=1S/C19H17N3O2S2/c23-17(13-26-19-21-20-18(24-19)16-7-4-12-25-16)22-10-8-15(9-11-22)14-5-2-1-3-6-14/h1-8,12H,9-11,13H2. The Kier molecular flexibility index (Phi) is 5.17. The number of carbonyl (C=O) groups is 1. The van der Waals surface area contributed by atoms with Crippen LogP contribution in [0.5, 0.6) is 0 Å². The molecule has 0 unspecified atom stereocenters. The molecule has 0 bridgehead atoms. The molecular formula is C19H17N3O2S2. The van der Waals surface area contributed by atoms with E-state index in [1.165, 1.54) is 22.9 Å². The van der Waals surface area contributed by atoms with E-state index < -0.39 is 0 Å². The molecule has 0 radical (unpaired) electrons. The zero-order valence-corrected chi connectivity index (χ0v) is 15.6. The second-order valence-corrected chi connectivity index (χ2v) is 7.70. The van der Waals surface area contributed by atoms with Gasteiger partial charge < -0.3 is 9.32 Å². The zero-order valence-electron chi connectivity index (χ0n) is 14.0. The van der Waals surface area contributed by atoms with Crippen molar-refractivity contribution in [1.82, 2.24) is 15.1 Å². The van der Waals surface area contributed by atoms with Gasteiger partial charge in [-0.1, -0.05) is 54.2 Å². The third-order valence-electron chi connectivity index (χ3n) is 4.16. The number of carbonyl (C=O) groups excluding carboxylic acids is 1. The summed E-state index contributed by atoms with van der Waals surface area (Å²) in [5.74, 6) is 0.901. The van der Waals surface area contributed by atoms with Crippen LogP contribution in [0.3, 0.4) is 0 Å². The summed E-state index contributed by atoms with van der Waals surface area (Å²) >= 11 is 2.84. The van der Waals surface area contributed by atoms with Crippen molar-refractivity contribution >= 4 is 34.6 Å². The molecule has 0 saturated heterocycles. The number of thiophene rings is 1. The second-order valence-electron chi connectivity index (χ2n) is 5.82. The molecule has 132 valence electrons. The lowest BCUT2D eigenvalue weighted by Gasteiger charge is -2.26. The lowest BCUT2D eigenvalue weighted by atomic mass is 10.00. The number of thioether (sulfide) groups is 1. The number of hydrogen-bond donors (Lipinski definition) is 0. The molecule has 2 aromatic heterocycles. The minimum atomic E-state index is 0.0919. The molecule has 0 saturated carbocycles. The topological polar surface area (TPSA) is 59.2 Å². The number of hydrogen-bond acceptors (Lipinski definition) is 6. The molecule has 0 aliphatic carbocycles. The average Bonchev–Trinajstić information content (AvgIpc) is 3.38. The number of rotatable bonds is 5. The van der Waals surface area contributed by atoms with E-state index in [0.717, 1.165) is 17.8 Å². The maximum absolute atomic E-state index is 12.4. The SMILES string of the molecule is O=C(CSc1nnc(-c2cccs2)o1)N1CC=C(c2ccccc2)CC1. The predicted molar refractivity (Wildman–Crippen MR) is 104 cm³/mol. The number of nitrogens with zero attached hydrogens (tertiary/aromatic N) is 3. The Bertz CT molecular complexity index is 904. The molecule has 0 spiro atoms. The predicted octanol–water partition coefficient (Wildman–Crippen LogP) is 4.21. The van der Waals surface area contributed by atoms with Gasteiger partial charge in [0.15, 0.2) is 0 Å². The van der Waals surface area contributed by atoms with E-state index >= 15 is 0 Å². The van der Waals surface area contributed by atoms with Crippen molar-refractivity contribution in [2.75, 3.05) is 18.8 Å². The van der Waals surface area contributed by atoms with Crippen molar-refractivity contribution in [3.63, 3.8) is 0 Å². The molecule has 0 atom stereocenters. The highest BCUT2D eigenvalue weighted by Gasteiger charge is 2.19. The molecule has 5 nitrogen and oxygen atoms in total. The third-order valence-corrected chi connectivity index (χ3v) is 5.83. The van der Waals surface area contributed by atoms with Gasteiger partial charge in [-0.3, -0.25) is 4.79 Å². The van der Waals surface area contributed by atoms with E-state index in [1.807, 2.05) is 40.6 Å². The van der Waals surface area contributed by atoms with Crippen molar-refractivity contribution in [2.45, 2.75) is 11.6 Å². The van der Waals surface area contributed by atoms with Crippen LogP contribution in [0.1, 0.15) is 12.0 Å². The van der Waals surface area contributed by atoms with E-state index in [4.69, 9.17) is 4.42 Å². The molecule has 0 fully saturated rings. The highest BCUT2D eigenvalue weighted by Crippen LogP contribution is 2.27. The summed E-state index contributed by atoms with van der Waals surface area (Å²) in [6, 6.07) is 14.2. The Morgan fingerprint density at radius 1 is 1.19 bits per heavy atom. The van der Waals surface area contributed by atoms with Gasteiger partial charge in [-0.25, -0.2) is 0 Å². The van der Waals surface area contributed by atoms with Crippen molar-refractivity contribution in [3.8, 4) is 10.8 Å². The fourth-order valence-corrected chi connectivity index (χ4v) is 4.10. The first kappa shape index (κ1) is 17.1. The first-order valence-electron chi connectivity index (χ1n) is 8.32. The van der Waals surface area contributed by atoms with E-state index in [2.05, 4.69) is 28.4 Å². The number of benzene rings is 1. The van der Waals surface area contributed by atoms with E-state index in [-0.39, 0.29) is 5.91 Å². The maximum atomic E-state index is 12.4.